The average molecular weight is 819 g/mol. The highest BCUT2D eigenvalue weighted by atomic mass is 15.1. The Morgan fingerprint density at radius 1 is 0.375 bits per heavy atom. The second-order valence-electron chi connectivity index (χ2n) is 17.8. The van der Waals surface area contributed by atoms with Gasteiger partial charge in [-0.05, 0) is 126 Å². The molecule has 64 heavy (non-hydrogen) atoms. The Morgan fingerprint density at radius 2 is 0.906 bits per heavy atom. The van der Waals surface area contributed by atoms with Crippen molar-refractivity contribution < 1.29 is 0 Å². The summed E-state index contributed by atoms with van der Waals surface area (Å²) in [6.45, 7) is 4.71. The lowest BCUT2D eigenvalue weighted by Crippen LogP contribution is -2.16. The molecule has 1 heterocycles. The molecule has 304 valence electrons. The summed E-state index contributed by atoms with van der Waals surface area (Å²) in [6, 6.07) is 82.6. The number of hydrogen-bond acceptors (Lipinski definition) is 1. The molecule has 0 bridgehead atoms. The van der Waals surface area contributed by atoms with E-state index >= 15 is 0 Å². The normalized spacial score (nSPS) is 12.7. The molecule has 11 aromatic rings. The van der Waals surface area contributed by atoms with Gasteiger partial charge in [0.15, 0.2) is 0 Å². The molecule has 1 aromatic heterocycles. The minimum Gasteiger partial charge on any atom is -0.343 e. The van der Waals surface area contributed by atoms with E-state index in [9.17, 15) is 0 Å². The van der Waals surface area contributed by atoms with Crippen LogP contribution in [0.2, 0.25) is 0 Å². The predicted molar refractivity (Wildman–Crippen MR) is 272 cm³/mol. The van der Waals surface area contributed by atoms with Gasteiger partial charge in [-0.15, -0.1) is 0 Å². The van der Waals surface area contributed by atoms with Crippen LogP contribution in [0.1, 0.15) is 25.0 Å². The van der Waals surface area contributed by atoms with E-state index in [1.165, 1.54) is 99.3 Å². The van der Waals surface area contributed by atoms with Crippen molar-refractivity contribution in [3.8, 4) is 55.8 Å². The van der Waals surface area contributed by atoms with Crippen molar-refractivity contribution in [3.05, 3.63) is 236 Å². The number of rotatable bonds is 7. The molecule has 2 nitrogen and oxygen atoms in total. The fourth-order valence-electron chi connectivity index (χ4n) is 10.5. The van der Waals surface area contributed by atoms with Crippen LogP contribution in [0.5, 0.6) is 0 Å². The Balaban J connectivity index is 0.930. The van der Waals surface area contributed by atoms with Gasteiger partial charge in [0.05, 0.1) is 5.69 Å². The lowest BCUT2D eigenvalue weighted by molar-refractivity contribution is 0.660. The van der Waals surface area contributed by atoms with E-state index in [-0.39, 0.29) is 5.41 Å². The summed E-state index contributed by atoms with van der Waals surface area (Å²) >= 11 is 0. The first-order valence-corrected chi connectivity index (χ1v) is 22.3. The van der Waals surface area contributed by atoms with Gasteiger partial charge in [0.25, 0.3) is 0 Å². The Hall–Kier alpha value is -7.94. The van der Waals surface area contributed by atoms with Crippen molar-refractivity contribution in [2.75, 3.05) is 4.90 Å². The monoisotopic (exact) mass is 818 g/mol. The van der Waals surface area contributed by atoms with Crippen molar-refractivity contribution in [2.45, 2.75) is 19.3 Å². The molecule has 0 saturated carbocycles. The first-order chi connectivity index (χ1) is 31.4. The summed E-state index contributed by atoms with van der Waals surface area (Å²) in [5.41, 5.74) is 19.6. The largest absolute Gasteiger partial charge is 0.343 e. The molecular weight excluding hydrogens is 773 g/mol. The molecule has 1 aliphatic rings. The number of benzene rings is 10. The zero-order valence-corrected chi connectivity index (χ0v) is 36.3. The molecule has 1 aliphatic carbocycles. The van der Waals surface area contributed by atoms with Crippen molar-refractivity contribution >= 4 is 49.5 Å². The second kappa shape index (κ2) is 14.9. The van der Waals surface area contributed by atoms with Gasteiger partial charge in [-0.2, -0.15) is 0 Å². The lowest BCUT2D eigenvalue weighted by atomic mass is 9.82. The molecular formula is C62H46N2. The third-order valence-electron chi connectivity index (χ3n) is 13.8. The van der Waals surface area contributed by atoms with Crippen LogP contribution in [-0.2, 0) is 12.5 Å². The fourth-order valence-corrected chi connectivity index (χ4v) is 10.5. The summed E-state index contributed by atoms with van der Waals surface area (Å²) < 4.78 is 2.36. The molecule has 0 saturated heterocycles. The van der Waals surface area contributed by atoms with E-state index in [1.807, 2.05) is 0 Å². The minimum atomic E-state index is -0.107. The third-order valence-corrected chi connectivity index (χ3v) is 13.8. The highest BCUT2D eigenvalue weighted by Crippen LogP contribution is 2.51. The molecule has 0 atom stereocenters. The van der Waals surface area contributed by atoms with Crippen molar-refractivity contribution in [1.29, 1.82) is 0 Å². The van der Waals surface area contributed by atoms with Crippen LogP contribution in [0.4, 0.5) is 17.1 Å². The minimum absolute atomic E-state index is 0.107. The van der Waals surface area contributed by atoms with Gasteiger partial charge in [-0.1, -0.05) is 190 Å². The summed E-state index contributed by atoms with van der Waals surface area (Å²) in [4.78, 5) is 2.41. The second-order valence-corrected chi connectivity index (χ2v) is 17.8. The zero-order valence-electron chi connectivity index (χ0n) is 36.3. The zero-order chi connectivity index (χ0) is 42.9. The van der Waals surface area contributed by atoms with Crippen LogP contribution in [0.25, 0.3) is 88.2 Å². The van der Waals surface area contributed by atoms with E-state index in [1.54, 1.807) is 0 Å². The van der Waals surface area contributed by atoms with E-state index in [2.05, 4.69) is 255 Å². The average Bonchev–Trinajstić information content (AvgIpc) is 3.78. The molecule has 0 aliphatic heterocycles. The number of anilines is 3. The van der Waals surface area contributed by atoms with Crippen LogP contribution < -0.4 is 4.90 Å². The quantitative estimate of drug-likeness (QED) is 0.156. The van der Waals surface area contributed by atoms with E-state index in [4.69, 9.17) is 0 Å². The maximum atomic E-state index is 2.42. The Kier molecular flexibility index (Phi) is 8.77. The molecule has 0 radical (unpaired) electrons. The summed E-state index contributed by atoms with van der Waals surface area (Å²) in [6.07, 6.45) is 0. The fraction of sp³-hybridized carbons (Fsp3) is 0.0645. The van der Waals surface area contributed by atoms with E-state index in [0.29, 0.717) is 0 Å². The summed E-state index contributed by atoms with van der Waals surface area (Å²) in [5.74, 6) is 0. The van der Waals surface area contributed by atoms with Gasteiger partial charge in [0, 0.05) is 46.0 Å². The van der Waals surface area contributed by atoms with Gasteiger partial charge in [0.2, 0.25) is 0 Å². The van der Waals surface area contributed by atoms with E-state index in [0.717, 1.165) is 17.1 Å². The Labute approximate surface area is 375 Å². The van der Waals surface area contributed by atoms with Crippen molar-refractivity contribution in [1.82, 2.24) is 4.57 Å². The van der Waals surface area contributed by atoms with Crippen molar-refractivity contribution in [3.63, 3.8) is 0 Å². The lowest BCUT2D eigenvalue weighted by Gasteiger charge is -2.28. The van der Waals surface area contributed by atoms with Gasteiger partial charge in [-0.25, -0.2) is 0 Å². The molecule has 0 unspecified atom stereocenters. The number of hydrogen-bond donors (Lipinski definition) is 0. The highest BCUT2D eigenvalue weighted by molar-refractivity contribution is 6.17. The first kappa shape index (κ1) is 37.8. The summed E-state index contributed by atoms with van der Waals surface area (Å²) in [7, 11) is 2.20. The van der Waals surface area contributed by atoms with Gasteiger partial charge in [0.1, 0.15) is 0 Å². The van der Waals surface area contributed by atoms with Crippen LogP contribution >= 0.6 is 0 Å². The van der Waals surface area contributed by atoms with Crippen molar-refractivity contribution in [2.24, 2.45) is 7.05 Å². The standard InChI is InChI=1S/C62H46N2/c1-62(2)56-20-12-11-19-54(56)55-37-36-52(40-57(55)62)64(51-34-29-44(30-35-51)49-26-23-41-13-7-8-17-48(41)39-49)50-32-27-43(28-33-50)42-21-24-46(25-22-42)59-60-53-18-10-9-14-45(53)31-38-58(60)63(3)61(59)47-15-5-4-6-16-47/h4-40H,1-3H3. The molecule has 12 rings (SSSR count). The first-order valence-electron chi connectivity index (χ1n) is 22.3. The van der Waals surface area contributed by atoms with Crippen LogP contribution in [0.15, 0.2) is 224 Å². The summed E-state index contributed by atoms with van der Waals surface area (Å²) in [5, 5.41) is 6.33. The highest BCUT2D eigenvalue weighted by Gasteiger charge is 2.35. The number of aromatic nitrogens is 1. The van der Waals surface area contributed by atoms with Gasteiger partial charge >= 0.3 is 0 Å². The molecule has 0 spiro atoms. The Morgan fingerprint density at radius 3 is 1.64 bits per heavy atom. The third kappa shape index (κ3) is 6.09. The molecule has 10 aromatic carbocycles. The predicted octanol–water partition coefficient (Wildman–Crippen LogP) is 16.9. The van der Waals surface area contributed by atoms with Crippen LogP contribution in [-0.4, -0.2) is 4.57 Å². The SMILES string of the molecule is Cn1c(-c2ccccc2)c(-c2ccc(-c3ccc(N(c4ccc(-c5ccc6ccccc6c5)cc4)c4ccc5c(c4)C(C)(C)c4ccccc4-5)cc3)cc2)c2c3ccccc3ccc21. The smallest absolute Gasteiger partial charge is 0.0568 e. The molecule has 0 fully saturated rings. The van der Waals surface area contributed by atoms with E-state index < -0.39 is 0 Å². The maximum Gasteiger partial charge on any atom is 0.0568 e. The number of aryl methyl sites for hydroxylation is 1. The van der Waals surface area contributed by atoms with Gasteiger partial charge in [-0.3, -0.25) is 0 Å². The number of fused-ring (bicyclic) bond motifs is 7. The topological polar surface area (TPSA) is 8.17 Å². The van der Waals surface area contributed by atoms with Gasteiger partial charge < -0.3 is 9.47 Å². The maximum absolute atomic E-state index is 2.42. The number of nitrogens with zero attached hydrogens (tertiary/aromatic N) is 2. The molecule has 2 heteroatoms. The van der Waals surface area contributed by atoms with Crippen LogP contribution in [0, 0.1) is 0 Å². The molecule has 0 amide bonds. The molecule has 0 N–H and O–H groups in total. The van der Waals surface area contributed by atoms with Crippen LogP contribution in [0.3, 0.4) is 0 Å². The Bertz CT molecular complexity index is 3560.